The molecule has 2 rings (SSSR count). The maximum absolute atomic E-state index is 6.14. The van der Waals surface area contributed by atoms with Crippen molar-refractivity contribution in [1.82, 2.24) is 15.1 Å². The average Bonchev–Trinajstić information content (AvgIpc) is 2.63. The number of hydrogen-bond donors (Lipinski definition) is 1. The predicted octanol–water partition coefficient (Wildman–Crippen LogP) is 2.41. The predicted molar refractivity (Wildman–Crippen MR) is 62.4 cm³/mol. The molecule has 0 amide bonds. The number of nitrogens with one attached hydrogen (secondary N) is 1. The Bertz CT molecular complexity index is 316. The van der Waals surface area contributed by atoms with Gasteiger partial charge in [0.05, 0.1) is 23.0 Å². The highest BCUT2D eigenvalue weighted by atomic mass is 35.5. The second kappa shape index (κ2) is 4.99. The fourth-order valence-corrected chi connectivity index (χ4v) is 2.42. The molecule has 1 aromatic heterocycles. The van der Waals surface area contributed by atoms with E-state index in [0.717, 1.165) is 31.0 Å². The highest BCUT2D eigenvalue weighted by Crippen LogP contribution is 2.24. The molecule has 1 fully saturated rings. The highest BCUT2D eigenvalue weighted by Gasteiger charge is 2.19. The van der Waals surface area contributed by atoms with Crippen molar-refractivity contribution in [2.45, 2.75) is 38.6 Å². The molecule has 0 radical (unpaired) electrons. The lowest BCUT2D eigenvalue weighted by Gasteiger charge is -2.24. The number of nitrogens with zero attached hydrogens (tertiary/aromatic N) is 2. The number of hydrogen-bond acceptors (Lipinski definition) is 2. The smallest absolute Gasteiger partial charge is 0.0817 e. The van der Waals surface area contributed by atoms with Crippen molar-refractivity contribution in [1.29, 1.82) is 0 Å². The van der Waals surface area contributed by atoms with Crippen molar-refractivity contribution in [3.05, 3.63) is 16.9 Å². The van der Waals surface area contributed by atoms with E-state index in [0.29, 0.717) is 6.04 Å². The van der Waals surface area contributed by atoms with E-state index in [1.165, 1.54) is 18.5 Å². The van der Waals surface area contributed by atoms with Crippen LogP contribution in [-0.2, 0) is 6.42 Å². The SMILES string of the molecule is CCCc1c(Cl)cnn1C1CCCNC1. The molecule has 1 aromatic rings. The Morgan fingerprint density at radius 1 is 1.67 bits per heavy atom. The first-order valence-electron chi connectivity index (χ1n) is 5.75. The standard InChI is InChI=1S/C11H18ClN3/c1-2-4-11-10(12)8-14-15(11)9-5-3-6-13-7-9/h8-9,13H,2-7H2,1H3. The molecule has 1 unspecified atom stereocenters. The average molecular weight is 228 g/mol. The molecular formula is C11H18ClN3. The van der Waals surface area contributed by atoms with E-state index in [4.69, 9.17) is 11.6 Å². The second-order valence-corrected chi connectivity index (χ2v) is 4.54. The van der Waals surface area contributed by atoms with Crippen LogP contribution >= 0.6 is 11.6 Å². The van der Waals surface area contributed by atoms with Crippen LogP contribution in [0.25, 0.3) is 0 Å². The lowest BCUT2D eigenvalue weighted by atomic mass is 10.1. The Labute approximate surface area is 95.8 Å². The van der Waals surface area contributed by atoms with E-state index in [1.54, 1.807) is 6.20 Å². The van der Waals surface area contributed by atoms with Crippen molar-refractivity contribution >= 4 is 11.6 Å². The topological polar surface area (TPSA) is 29.9 Å². The highest BCUT2D eigenvalue weighted by molar-refractivity contribution is 6.31. The molecule has 1 aliphatic rings. The zero-order valence-electron chi connectivity index (χ0n) is 9.17. The van der Waals surface area contributed by atoms with E-state index in [2.05, 4.69) is 22.0 Å². The zero-order chi connectivity index (χ0) is 10.7. The van der Waals surface area contributed by atoms with Crippen molar-refractivity contribution in [3.63, 3.8) is 0 Å². The molecule has 4 heteroatoms. The van der Waals surface area contributed by atoms with Crippen LogP contribution in [-0.4, -0.2) is 22.9 Å². The number of aromatic nitrogens is 2. The quantitative estimate of drug-likeness (QED) is 0.860. The lowest BCUT2D eigenvalue weighted by molar-refractivity contribution is 0.338. The van der Waals surface area contributed by atoms with Crippen LogP contribution in [0.4, 0.5) is 0 Å². The number of rotatable bonds is 3. The van der Waals surface area contributed by atoms with E-state index >= 15 is 0 Å². The molecule has 84 valence electrons. The van der Waals surface area contributed by atoms with Crippen LogP contribution in [0.1, 0.15) is 37.9 Å². The van der Waals surface area contributed by atoms with Gasteiger partial charge < -0.3 is 5.32 Å². The second-order valence-electron chi connectivity index (χ2n) is 4.13. The summed E-state index contributed by atoms with van der Waals surface area (Å²) in [6.45, 7) is 4.33. The number of halogens is 1. The van der Waals surface area contributed by atoms with Crippen molar-refractivity contribution in [2.24, 2.45) is 0 Å². The third kappa shape index (κ3) is 2.34. The van der Waals surface area contributed by atoms with Gasteiger partial charge in [-0.1, -0.05) is 24.9 Å². The molecule has 1 saturated heterocycles. The molecule has 3 nitrogen and oxygen atoms in total. The van der Waals surface area contributed by atoms with Crippen molar-refractivity contribution in [3.8, 4) is 0 Å². The van der Waals surface area contributed by atoms with E-state index in [1.807, 2.05) is 0 Å². The first-order chi connectivity index (χ1) is 7.33. The first-order valence-corrected chi connectivity index (χ1v) is 6.13. The normalized spacial score (nSPS) is 21.9. The molecule has 0 bridgehead atoms. The summed E-state index contributed by atoms with van der Waals surface area (Å²) in [6.07, 6.45) is 6.36. The summed E-state index contributed by atoms with van der Waals surface area (Å²) < 4.78 is 2.12. The first kappa shape index (κ1) is 11.0. The van der Waals surface area contributed by atoms with Crippen molar-refractivity contribution < 1.29 is 0 Å². The summed E-state index contributed by atoms with van der Waals surface area (Å²) in [5.74, 6) is 0. The molecule has 1 atom stereocenters. The molecule has 0 spiro atoms. The van der Waals surface area contributed by atoms with Crippen LogP contribution in [0, 0.1) is 0 Å². The molecule has 2 heterocycles. The minimum absolute atomic E-state index is 0.493. The van der Waals surface area contributed by atoms with Gasteiger partial charge in [0, 0.05) is 6.54 Å². The Hall–Kier alpha value is -0.540. The van der Waals surface area contributed by atoms with E-state index in [9.17, 15) is 0 Å². The van der Waals surface area contributed by atoms with Gasteiger partial charge in [-0.25, -0.2) is 0 Å². The minimum atomic E-state index is 0.493. The Kier molecular flexibility index (Phi) is 3.65. The van der Waals surface area contributed by atoms with Gasteiger partial charge in [0.1, 0.15) is 0 Å². The van der Waals surface area contributed by atoms with Crippen LogP contribution in [0.5, 0.6) is 0 Å². The van der Waals surface area contributed by atoms with Crippen LogP contribution < -0.4 is 5.32 Å². The maximum atomic E-state index is 6.14. The zero-order valence-corrected chi connectivity index (χ0v) is 9.93. The summed E-state index contributed by atoms with van der Waals surface area (Å²) >= 11 is 6.14. The third-order valence-corrected chi connectivity index (χ3v) is 3.27. The summed E-state index contributed by atoms with van der Waals surface area (Å²) in [5, 5.41) is 8.63. The van der Waals surface area contributed by atoms with Gasteiger partial charge in [0.25, 0.3) is 0 Å². The van der Waals surface area contributed by atoms with Gasteiger partial charge in [-0.05, 0) is 25.8 Å². The summed E-state index contributed by atoms with van der Waals surface area (Å²) in [5.41, 5.74) is 1.20. The summed E-state index contributed by atoms with van der Waals surface area (Å²) in [7, 11) is 0. The van der Waals surface area contributed by atoms with E-state index in [-0.39, 0.29) is 0 Å². The molecule has 1 aliphatic heterocycles. The molecule has 1 N–H and O–H groups in total. The molecule has 0 aromatic carbocycles. The monoisotopic (exact) mass is 227 g/mol. The van der Waals surface area contributed by atoms with Gasteiger partial charge >= 0.3 is 0 Å². The van der Waals surface area contributed by atoms with E-state index < -0.39 is 0 Å². The molecule has 0 aliphatic carbocycles. The number of piperidine rings is 1. The Morgan fingerprint density at radius 2 is 2.53 bits per heavy atom. The molecular weight excluding hydrogens is 210 g/mol. The summed E-state index contributed by atoms with van der Waals surface area (Å²) in [4.78, 5) is 0. The van der Waals surface area contributed by atoms with Crippen LogP contribution in [0.15, 0.2) is 6.20 Å². The Morgan fingerprint density at radius 3 is 3.20 bits per heavy atom. The van der Waals surface area contributed by atoms with Crippen LogP contribution in [0.2, 0.25) is 5.02 Å². The summed E-state index contributed by atoms with van der Waals surface area (Å²) in [6, 6.07) is 0.493. The van der Waals surface area contributed by atoms with Crippen molar-refractivity contribution in [2.75, 3.05) is 13.1 Å². The van der Waals surface area contributed by atoms with Gasteiger partial charge in [-0.15, -0.1) is 0 Å². The molecule has 15 heavy (non-hydrogen) atoms. The van der Waals surface area contributed by atoms with Gasteiger partial charge in [0.2, 0.25) is 0 Å². The fraction of sp³-hybridized carbons (Fsp3) is 0.727. The minimum Gasteiger partial charge on any atom is -0.315 e. The maximum Gasteiger partial charge on any atom is 0.0817 e. The third-order valence-electron chi connectivity index (χ3n) is 2.95. The van der Waals surface area contributed by atoms with Gasteiger partial charge in [0.15, 0.2) is 0 Å². The Balaban J connectivity index is 2.18. The largest absolute Gasteiger partial charge is 0.315 e. The van der Waals surface area contributed by atoms with Gasteiger partial charge in [-0.2, -0.15) is 5.10 Å². The lowest BCUT2D eigenvalue weighted by Crippen LogP contribution is -2.32. The van der Waals surface area contributed by atoms with Crippen LogP contribution in [0.3, 0.4) is 0 Å². The molecule has 0 saturated carbocycles. The van der Waals surface area contributed by atoms with Gasteiger partial charge in [-0.3, -0.25) is 4.68 Å². The fourth-order valence-electron chi connectivity index (χ4n) is 2.19.